The summed E-state index contributed by atoms with van der Waals surface area (Å²) in [6.45, 7) is 8.93. The molecule has 0 bridgehead atoms. The maximum absolute atomic E-state index is 10.1. The molecule has 0 saturated heterocycles. The average Bonchev–Trinajstić information content (AvgIpc) is 2.52. The van der Waals surface area contributed by atoms with E-state index in [9.17, 15) is 5.11 Å². The van der Waals surface area contributed by atoms with Gasteiger partial charge in [0.25, 0.3) is 0 Å². The molecule has 2 rings (SSSR count). The molecule has 23 heavy (non-hydrogen) atoms. The summed E-state index contributed by atoms with van der Waals surface area (Å²) < 4.78 is 12.4. The third kappa shape index (κ3) is 5.03. The molecule has 1 aliphatic rings. The van der Waals surface area contributed by atoms with Crippen LogP contribution in [0.4, 0.5) is 0 Å². The monoisotopic (exact) mass is 320 g/mol. The van der Waals surface area contributed by atoms with E-state index >= 15 is 0 Å². The van der Waals surface area contributed by atoms with Crippen LogP contribution in [0.2, 0.25) is 0 Å². The van der Waals surface area contributed by atoms with Crippen LogP contribution in [0.15, 0.2) is 30.3 Å². The molecule has 0 heterocycles. The van der Waals surface area contributed by atoms with E-state index in [2.05, 4.69) is 20.8 Å². The van der Waals surface area contributed by atoms with E-state index in [1.165, 1.54) is 12.8 Å². The predicted molar refractivity (Wildman–Crippen MR) is 93.0 cm³/mol. The molecular weight excluding hydrogens is 288 g/mol. The molecular formula is C20H32O3. The first-order chi connectivity index (χ1) is 10.9. The molecule has 3 nitrogen and oxygen atoms in total. The summed E-state index contributed by atoms with van der Waals surface area (Å²) in [7, 11) is 0. The number of ether oxygens (including phenoxy) is 2. The lowest BCUT2D eigenvalue weighted by molar-refractivity contribution is -0.270. The van der Waals surface area contributed by atoms with Gasteiger partial charge in [-0.05, 0) is 37.2 Å². The fraction of sp³-hybridized carbons (Fsp3) is 0.700. The van der Waals surface area contributed by atoms with Gasteiger partial charge in [0.15, 0.2) is 6.29 Å². The van der Waals surface area contributed by atoms with Crippen molar-refractivity contribution in [2.24, 2.45) is 11.8 Å². The van der Waals surface area contributed by atoms with Crippen LogP contribution in [0.1, 0.15) is 58.9 Å². The lowest BCUT2D eigenvalue weighted by Crippen LogP contribution is -2.48. The Balaban J connectivity index is 2.04. The van der Waals surface area contributed by atoms with Crippen molar-refractivity contribution in [3.8, 4) is 0 Å². The second-order valence-corrected chi connectivity index (χ2v) is 7.44. The minimum atomic E-state index is -0.647. The molecule has 1 saturated carbocycles. The Labute approximate surface area is 141 Å². The first-order valence-corrected chi connectivity index (χ1v) is 8.94. The van der Waals surface area contributed by atoms with Crippen molar-refractivity contribution in [1.29, 1.82) is 0 Å². The first kappa shape index (κ1) is 18.4. The molecule has 0 radical (unpaired) electrons. The van der Waals surface area contributed by atoms with E-state index in [1.807, 2.05) is 30.3 Å². The zero-order valence-electron chi connectivity index (χ0n) is 15.0. The van der Waals surface area contributed by atoms with Gasteiger partial charge in [0.1, 0.15) is 6.10 Å². The van der Waals surface area contributed by atoms with E-state index < -0.39 is 12.4 Å². The van der Waals surface area contributed by atoms with Crippen LogP contribution >= 0.6 is 0 Å². The maximum atomic E-state index is 10.1. The first-order valence-electron chi connectivity index (χ1n) is 8.94. The molecule has 1 N–H and O–H groups in total. The van der Waals surface area contributed by atoms with Crippen molar-refractivity contribution in [3.63, 3.8) is 0 Å². The predicted octanol–water partition coefficient (Wildman–Crippen LogP) is 4.53. The van der Waals surface area contributed by atoms with Crippen LogP contribution in [0, 0.1) is 11.8 Å². The number of hydrogen-bond donors (Lipinski definition) is 1. The molecule has 130 valence electrons. The van der Waals surface area contributed by atoms with E-state index in [4.69, 9.17) is 9.47 Å². The highest BCUT2D eigenvalue weighted by molar-refractivity contribution is 5.13. The fourth-order valence-corrected chi connectivity index (χ4v) is 3.57. The zero-order valence-corrected chi connectivity index (χ0v) is 15.0. The summed E-state index contributed by atoms with van der Waals surface area (Å²) in [4.78, 5) is 0. The van der Waals surface area contributed by atoms with Crippen molar-refractivity contribution >= 4 is 0 Å². The highest BCUT2D eigenvalue weighted by Crippen LogP contribution is 2.41. The van der Waals surface area contributed by atoms with Crippen LogP contribution < -0.4 is 0 Å². The van der Waals surface area contributed by atoms with E-state index in [0.717, 1.165) is 18.4 Å². The number of hydrogen-bond acceptors (Lipinski definition) is 3. The Hall–Kier alpha value is -0.900. The summed E-state index contributed by atoms with van der Waals surface area (Å²) >= 11 is 0. The van der Waals surface area contributed by atoms with Gasteiger partial charge in [0, 0.05) is 0 Å². The molecule has 0 amide bonds. The van der Waals surface area contributed by atoms with E-state index in [1.54, 1.807) is 6.92 Å². The van der Waals surface area contributed by atoms with Gasteiger partial charge >= 0.3 is 0 Å². The molecule has 1 aromatic carbocycles. The van der Waals surface area contributed by atoms with Gasteiger partial charge in [0.05, 0.1) is 12.2 Å². The summed E-state index contributed by atoms with van der Waals surface area (Å²) in [5, 5.41) is 10.1. The van der Waals surface area contributed by atoms with Gasteiger partial charge in [-0.25, -0.2) is 0 Å². The Morgan fingerprint density at radius 1 is 1.22 bits per heavy atom. The Kier molecular flexibility index (Phi) is 6.63. The van der Waals surface area contributed by atoms with Gasteiger partial charge in [0.2, 0.25) is 0 Å². The Bertz CT molecular complexity index is 457. The molecule has 3 heteroatoms. The fourth-order valence-electron chi connectivity index (χ4n) is 3.57. The third-order valence-electron chi connectivity index (χ3n) is 5.04. The molecule has 4 atom stereocenters. The van der Waals surface area contributed by atoms with Gasteiger partial charge < -0.3 is 14.6 Å². The zero-order chi connectivity index (χ0) is 16.9. The SMILES string of the molecule is CC1CCCC(OC(OCc2ccccc2)C(C)O)(C(C)C)C1. The summed E-state index contributed by atoms with van der Waals surface area (Å²) in [6, 6.07) is 10.0. The van der Waals surface area contributed by atoms with Crippen molar-refractivity contribution < 1.29 is 14.6 Å². The lowest BCUT2D eigenvalue weighted by Gasteiger charge is -2.45. The highest BCUT2D eigenvalue weighted by atomic mass is 16.7. The second-order valence-electron chi connectivity index (χ2n) is 7.44. The standard InChI is InChI=1S/C20H32O3/c1-15(2)20(12-8-9-16(3)13-20)23-19(17(4)21)22-14-18-10-6-5-7-11-18/h5-7,10-11,15-17,19,21H,8-9,12-14H2,1-4H3. The minimum absolute atomic E-state index is 0.185. The average molecular weight is 320 g/mol. The molecule has 1 aromatic rings. The van der Waals surface area contributed by atoms with Gasteiger partial charge in [-0.1, -0.05) is 63.9 Å². The lowest BCUT2D eigenvalue weighted by atomic mass is 9.73. The Morgan fingerprint density at radius 2 is 1.91 bits per heavy atom. The van der Waals surface area contributed by atoms with Crippen molar-refractivity contribution in [3.05, 3.63) is 35.9 Å². The summed E-state index contributed by atoms with van der Waals surface area (Å²) in [5.74, 6) is 1.07. The molecule has 1 fully saturated rings. The van der Waals surface area contributed by atoms with Crippen molar-refractivity contribution in [2.45, 2.75) is 78.0 Å². The normalized spacial score (nSPS) is 27.8. The van der Waals surface area contributed by atoms with E-state index in [-0.39, 0.29) is 5.60 Å². The molecule has 1 aliphatic carbocycles. The van der Waals surface area contributed by atoms with E-state index in [0.29, 0.717) is 18.4 Å². The largest absolute Gasteiger partial charge is 0.388 e. The van der Waals surface area contributed by atoms with Crippen LogP contribution in [0.25, 0.3) is 0 Å². The number of benzene rings is 1. The number of aliphatic hydroxyl groups is 1. The van der Waals surface area contributed by atoms with Gasteiger partial charge in [-0.3, -0.25) is 0 Å². The second kappa shape index (κ2) is 8.27. The molecule has 0 aromatic heterocycles. The van der Waals surface area contributed by atoms with Crippen molar-refractivity contribution in [2.75, 3.05) is 0 Å². The summed E-state index contributed by atoms with van der Waals surface area (Å²) in [6.07, 6.45) is 3.32. The minimum Gasteiger partial charge on any atom is -0.388 e. The highest BCUT2D eigenvalue weighted by Gasteiger charge is 2.41. The number of aliphatic hydroxyl groups excluding tert-OH is 1. The smallest absolute Gasteiger partial charge is 0.184 e. The topological polar surface area (TPSA) is 38.7 Å². The maximum Gasteiger partial charge on any atom is 0.184 e. The van der Waals surface area contributed by atoms with Crippen molar-refractivity contribution in [1.82, 2.24) is 0 Å². The van der Waals surface area contributed by atoms with Crippen LogP contribution in [0.3, 0.4) is 0 Å². The summed E-state index contributed by atoms with van der Waals surface area (Å²) in [5.41, 5.74) is 0.910. The molecule has 0 aliphatic heterocycles. The Morgan fingerprint density at radius 3 is 2.48 bits per heavy atom. The van der Waals surface area contributed by atoms with Gasteiger partial charge in [-0.2, -0.15) is 0 Å². The van der Waals surface area contributed by atoms with Crippen LogP contribution in [-0.4, -0.2) is 23.1 Å². The molecule has 4 unspecified atom stereocenters. The quantitative estimate of drug-likeness (QED) is 0.750. The van der Waals surface area contributed by atoms with Crippen LogP contribution in [0.5, 0.6) is 0 Å². The third-order valence-corrected chi connectivity index (χ3v) is 5.04. The van der Waals surface area contributed by atoms with Crippen LogP contribution in [-0.2, 0) is 16.1 Å². The molecule has 0 spiro atoms. The number of rotatable bonds is 7. The van der Waals surface area contributed by atoms with Gasteiger partial charge in [-0.15, -0.1) is 0 Å².